The lowest BCUT2D eigenvalue weighted by molar-refractivity contribution is 0.0974. The summed E-state index contributed by atoms with van der Waals surface area (Å²) < 4.78 is 5.31. The lowest BCUT2D eigenvalue weighted by Crippen LogP contribution is -2.22. The van der Waals surface area contributed by atoms with Gasteiger partial charge in [0.05, 0.1) is 6.61 Å². The van der Waals surface area contributed by atoms with Gasteiger partial charge in [0.15, 0.2) is 5.78 Å². The summed E-state index contributed by atoms with van der Waals surface area (Å²) in [5.41, 5.74) is 6.44. The minimum absolute atomic E-state index is 0.0425. The molecular weight excluding hydrogens is 202 g/mol. The molecule has 0 aliphatic carbocycles. The van der Waals surface area contributed by atoms with Crippen molar-refractivity contribution in [2.24, 2.45) is 5.73 Å². The number of benzene rings is 1. The molecule has 0 saturated carbocycles. The number of carbonyl (C=O) groups excluding carboxylic acids is 1. The maximum absolute atomic E-state index is 11.8. The van der Waals surface area contributed by atoms with E-state index in [2.05, 4.69) is 0 Å². The van der Waals surface area contributed by atoms with Crippen molar-refractivity contribution in [2.45, 2.75) is 32.7 Å². The van der Waals surface area contributed by atoms with Crippen LogP contribution in [0.3, 0.4) is 0 Å². The molecule has 1 aromatic rings. The summed E-state index contributed by atoms with van der Waals surface area (Å²) in [5, 5.41) is 0. The number of carbonyl (C=O) groups is 1. The first-order valence-electron chi connectivity index (χ1n) is 5.69. The van der Waals surface area contributed by atoms with Crippen molar-refractivity contribution in [1.82, 2.24) is 0 Å². The second-order valence-corrected chi connectivity index (χ2v) is 3.75. The minimum atomic E-state index is -0.0425. The molecule has 88 valence electrons. The lowest BCUT2D eigenvalue weighted by atomic mass is 10.0. The van der Waals surface area contributed by atoms with Crippen molar-refractivity contribution in [3.05, 3.63) is 29.8 Å². The Kier molecular flexibility index (Phi) is 4.99. The molecular formula is C13H19NO2. The van der Waals surface area contributed by atoms with E-state index >= 15 is 0 Å². The monoisotopic (exact) mass is 221 g/mol. The van der Waals surface area contributed by atoms with Crippen LogP contribution in [0.1, 0.15) is 37.0 Å². The van der Waals surface area contributed by atoms with Crippen LogP contribution in [0.5, 0.6) is 5.75 Å². The highest BCUT2D eigenvalue weighted by atomic mass is 16.5. The van der Waals surface area contributed by atoms with Crippen LogP contribution >= 0.6 is 0 Å². The zero-order valence-corrected chi connectivity index (χ0v) is 9.90. The Labute approximate surface area is 96.6 Å². The highest BCUT2D eigenvalue weighted by Gasteiger charge is 2.10. The van der Waals surface area contributed by atoms with Gasteiger partial charge in [0, 0.05) is 18.0 Å². The van der Waals surface area contributed by atoms with Crippen LogP contribution < -0.4 is 10.5 Å². The van der Waals surface area contributed by atoms with E-state index in [9.17, 15) is 4.79 Å². The molecule has 16 heavy (non-hydrogen) atoms. The smallest absolute Gasteiger partial charge is 0.164 e. The van der Waals surface area contributed by atoms with Gasteiger partial charge in [-0.05, 0) is 37.6 Å². The van der Waals surface area contributed by atoms with Gasteiger partial charge in [-0.25, -0.2) is 0 Å². The molecule has 3 heteroatoms. The minimum Gasteiger partial charge on any atom is -0.494 e. The molecule has 0 bridgehead atoms. The maximum Gasteiger partial charge on any atom is 0.164 e. The predicted molar refractivity (Wildman–Crippen MR) is 64.8 cm³/mol. The Balaban J connectivity index is 2.63. The highest BCUT2D eigenvalue weighted by molar-refractivity contribution is 5.96. The van der Waals surface area contributed by atoms with Gasteiger partial charge in [0.1, 0.15) is 5.75 Å². The molecule has 1 aromatic carbocycles. The maximum atomic E-state index is 11.8. The molecule has 0 radical (unpaired) electrons. The molecule has 1 rings (SSSR count). The number of ketones is 1. The Morgan fingerprint density at radius 3 is 2.44 bits per heavy atom. The molecule has 2 N–H and O–H groups in total. The van der Waals surface area contributed by atoms with Crippen LogP contribution in [0.2, 0.25) is 0 Å². The average Bonchev–Trinajstić information content (AvgIpc) is 2.30. The standard InChI is InChI=1S/C13H19NO2/c1-3-11(14)9-13(15)10-5-7-12(8-6-10)16-4-2/h5-8,11H,3-4,9,14H2,1-2H3. The van der Waals surface area contributed by atoms with Gasteiger partial charge in [-0.2, -0.15) is 0 Å². The van der Waals surface area contributed by atoms with Gasteiger partial charge in [0.2, 0.25) is 0 Å². The lowest BCUT2D eigenvalue weighted by Gasteiger charge is -2.08. The third kappa shape index (κ3) is 3.66. The van der Waals surface area contributed by atoms with Gasteiger partial charge in [-0.1, -0.05) is 6.92 Å². The number of rotatable bonds is 6. The molecule has 0 fully saturated rings. The summed E-state index contributed by atoms with van der Waals surface area (Å²) in [6, 6.07) is 7.16. The van der Waals surface area contributed by atoms with Gasteiger partial charge in [0.25, 0.3) is 0 Å². The van der Waals surface area contributed by atoms with Gasteiger partial charge < -0.3 is 10.5 Å². The second-order valence-electron chi connectivity index (χ2n) is 3.75. The van der Waals surface area contributed by atoms with E-state index in [-0.39, 0.29) is 11.8 Å². The van der Waals surface area contributed by atoms with Crippen LogP contribution in [0.15, 0.2) is 24.3 Å². The van der Waals surface area contributed by atoms with E-state index in [4.69, 9.17) is 10.5 Å². The Hall–Kier alpha value is -1.35. The van der Waals surface area contributed by atoms with Crippen molar-refractivity contribution in [2.75, 3.05) is 6.61 Å². The SMILES string of the molecule is CCOc1ccc(C(=O)CC(N)CC)cc1. The zero-order chi connectivity index (χ0) is 12.0. The Morgan fingerprint density at radius 2 is 1.94 bits per heavy atom. The molecule has 0 spiro atoms. The molecule has 1 atom stereocenters. The summed E-state index contributed by atoms with van der Waals surface area (Å²) in [4.78, 5) is 11.8. The summed E-state index contributed by atoms with van der Waals surface area (Å²) in [6.45, 7) is 4.55. The summed E-state index contributed by atoms with van der Waals surface area (Å²) >= 11 is 0. The summed E-state index contributed by atoms with van der Waals surface area (Å²) in [7, 11) is 0. The van der Waals surface area contributed by atoms with E-state index in [0.717, 1.165) is 12.2 Å². The van der Waals surface area contributed by atoms with E-state index in [1.807, 2.05) is 26.0 Å². The number of ether oxygens (including phenoxy) is 1. The fourth-order valence-corrected chi connectivity index (χ4v) is 1.40. The van der Waals surface area contributed by atoms with E-state index in [1.54, 1.807) is 12.1 Å². The van der Waals surface area contributed by atoms with Crippen molar-refractivity contribution in [3.8, 4) is 5.75 Å². The number of nitrogens with two attached hydrogens (primary N) is 1. The first-order chi connectivity index (χ1) is 7.67. The predicted octanol–water partition coefficient (Wildman–Crippen LogP) is 2.40. The summed E-state index contributed by atoms with van der Waals surface area (Å²) in [5.74, 6) is 0.885. The molecule has 0 aliphatic rings. The van der Waals surface area contributed by atoms with Crippen molar-refractivity contribution in [3.63, 3.8) is 0 Å². The van der Waals surface area contributed by atoms with Crippen LogP contribution in [0, 0.1) is 0 Å². The van der Waals surface area contributed by atoms with Gasteiger partial charge >= 0.3 is 0 Å². The quantitative estimate of drug-likeness (QED) is 0.750. The molecule has 3 nitrogen and oxygen atoms in total. The van der Waals surface area contributed by atoms with E-state index in [1.165, 1.54) is 0 Å². The third-order valence-corrected chi connectivity index (χ3v) is 2.46. The first-order valence-corrected chi connectivity index (χ1v) is 5.69. The molecule has 0 aromatic heterocycles. The second kappa shape index (κ2) is 6.28. The fraction of sp³-hybridized carbons (Fsp3) is 0.462. The van der Waals surface area contributed by atoms with Crippen LogP contribution in [0.4, 0.5) is 0 Å². The first kappa shape index (κ1) is 12.7. The van der Waals surface area contributed by atoms with E-state index < -0.39 is 0 Å². The molecule has 0 amide bonds. The van der Waals surface area contributed by atoms with E-state index in [0.29, 0.717) is 18.6 Å². The van der Waals surface area contributed by atoms with Gasteiger partial charge in [-0.3, -0.25) is 4.79 Å². The van der Waals surface area contributed by atoms with Crippen LogP contribution in [-0.4, -0.2) is 18.4 Å². The van der Waals surface area contributed by atoms with Crippen molar-refractivity contribution >= 4 is 5.78 Å². The molecule has 0 aliphatic heterocycles. The number of Topliss-reactive ketones (excluding diaryl/α,β-unsaturated/α-hetero) is 1. The van der Waals surface area contributed by atoms with Crippen LogP contribution in [0.25, 0.3) is 0 Å². The van der Waals surface area contributed by atoms with Crippen LogP contribution in [-0.2, 0) is 0 Å². The Bertz CT molecular complexity index is 332. The third-order valence-electron chi connectivity index (χ3n) is 2.46. The van der Waals surface area contributed by atoms with Gasteiger partial charge in [-0.15, -0.1) is 0 Å². The molecule has 0 heterocycles. The van der Waals surface area contributed by atoms with Crippen molar-refractivity contribution in [1.29, 1.82) is 0 Å². The number of hydrogen-bond acceptors (Lipinski definition) is 3. The topological polar surface area (TPSA) is 52.3 Å². The fourth-order valence-electron chi connectivity index (χ4n) is 1.40. The molecule has 0 saturated heterocycles. The normalized spacial score (nSPS) is 12.2. The summed E-state index contributed by atoms with van der Waals surface area (Å²) in [6.07, 6.45) is 1.23. The number of hydrogen-bond donors (Lipinski definition) is 1. The average molecular weight is 221 g/mol. The Morgan fingerprint density at radius 1 is 1.31 bits per heavy atom. The highest BCUT2D eigenvalue weighted by Crippen LogP contribution is 2.14. The van der Waals surface area contributed by atoms with Crippen molar-refractivity contribution < 1.29 is 9.53 Å². The molecule has 1 unspecified atom stereocenters. The zero-order valence-electron chi connectivity index (χ0n) is 9.90. The largest absolute Gasteiger partial charge is 0.494 e.